The van der Waals surface area contributed by atoms with Gasteiger partial charge in [0.25, 0.3) is 0 Å². The number of Topliss-reactive ketones (excluding diaryl/α,β-unsaturated/α-hetero) is 1. The predicted molar refractivity (Wildman–Crippen MR) is 123 cm³/mol. The van der Waals surface area contributed by atoms with Crippen LogP contribution in [0, 0.1) is 18.3 Å². The van der Waals surface area contributed by atoms with Crippen molar-refractivity contribution in [2.45, 2.75) is 31.6 Å². The van der Waals surface area contributed by atoms with E-state index in [0.717, 1.165) is 0 Å². The molecule has 160 valence electrons. The van der Waals surface area contributed by atoms with E-state index in [1.54, 1.807) is 42.2 Å². The van der Waals surface area contributed by atoms with Crippen LogP contribution in [0.4, 0.5) is 11.4 Å². The third-order valence-electron chi connectivity index (χ3n) is 6.46. The van der Waals surface area contributed by atoms with E-state index in [2.05, 4.69) is 11.4 Å². The number of halogens is 2. The Morgan fingerprint density at radius 1 is 1.19 bits per heavy atom. The van der Waals surface area contributed by atoms with E-state index in [1.165, 1.54) is 0 Å². The van der Waals surface area contributed by atoms with Gasteiger partial charge in [0.2, 0.25) is 5.91 Å². The Hall–Kier alpha value is -3.27. The van der Waals surface area contributed by atoms with E-state index in [4.69, 9.17) is 28.9 Å². The van der Waals surface area contributed by atoms with Gasteiger partial charge < -0.3 is 11.1 Å². The van der Waals surface area contributed by atoms with Gasteiger partial charge in [0, 0.05) is 39.0 Å². The number of hydrogen-bond donors (Lipinski definition) is 2. The molecule has 0 fully saturated rings. The van der Waals surface area contributed by atoms with Gasteiger partial charge in [-0.3, -0.25) is 14.5 Å². The Bertz CT molecular complexity index is 1340. The highest BCUT2D eigenvalue weighted by atomic mass is 35.5. The number of allylic oxidation sites excluding steroid dienone is 1. The van der Waals surface area contributed by atoms with Crippen LogP contribution in [0.1, 0.15) is 30.4 Å². The van der Waals surface area contributed by atoms with Crippen molar-refractivity contribution in [2.75, 3.05) is 10.2 Å². The molecule has 1 amide bonds. The molecular weight excluding hydrogens is 447 g/mol. The number of ketones is 1. The second kappa shape index (κ2) is 7.13. The second-order valence-electron chi connectivity index (χ2n) is 8.08. The maximum atomic E-state index is 13.7. The zero-order chi connectivity index (χ0) is 22.8. The summed E-state index contributed by atoms with van der Waals surface area (Å²) in [4.78, 5) is 28.8. The molecule has 1 atom stereocenters. The van der Waals surface area contributed by atoms with Crippen LogP contribution < -0.4 is 16.0 Å². The third-order valence-corrected chi connectivity index (χ3v) is 7.11. The van der Waals surface area contributed by atoms with E-state index in [-0.39, 0.29) is 23.6 Å². The number of anilines is 2. The van der Waals surface area contributed by atoms with E-state index in [9.17, 15) is 14.9 Å². The minimum absolute atomic E-state index is 0.0180. The summed E-state index contributed by atoms with van der Waals surface area (Å²) in [7, 11) is 0. The lowest BCUT2D eigenvalue weighted by Gasteiger charge is -2.43. The average Bonchev–Trinajstić information content (AvgIpc) is 3.04. The fraction of sp³-hybridized carbons (Fsp3) is 0.208. The summed E-state index contributed by atoms with van der Waals surface area (Å²) in [5, 5.41) is 14.1. The number of rotatable bonds is 1. The van der Waals surface area contributed by atoms with Gasteiger partial charge in [0.05, 0.1) is 11.3 Å². The SMILES string of the molecule is Cc1c(Cl)ccc2c1NC(=O)C21C(C#N)=C(N)N(c2cccc(Cl)c2)C2=C1C(=O)CCC2. The number of carbonyl (C=O) groups is 2. The lowest BCUT2D eigenvalue weighted by Crippen LogP contribution is -2.50. The minimum Gasteiger partial charge on any atom is -0.384 e. The minimum atomic E-state index is -1.61. The van der Waals surface area contributed by atoms with Crippen molar-refractivity contribution in [1.29, 1.82) is 5.26 Å². The molecule has 0 saturated carbocycles. The molecule has 3 N–H and O–H groups in total. The van der Waals surface area contributed by atoms with Crippen molar-refractivity contribution >= 4 is 46.3 Å². The van der Waals surface area contributed by atoms with Crippen LogP contribution in [0.15, 0.2) is 59.1 Å². The van der Waals surface area contributed by atoms with Crippen LogP contribution in [0.3, 0.4) is 0 Å². The quantitative estimate of drug-likeness (QED) is 0.636. The number of benzene rings is 2. The van der Waals surface area contributed by atoms with Gasteiger partial charge in [-0.05, 0) is 49.6 Å². The summed E-state index contributed by atoms with van der Waals surface area (Å²) in [6.45, 7) is 1.79. The van der Waals surface area contributed by atoms with E-state index < -0.39 is 11.3 Å². The van der Waals surface area contributed by atoms with Crippen molar-refractivity contribution in [3.8, 4) is 6.07 Å². The molecule has 1 aliphatic carbocycles. The van der Waals surface area contributed by atoms with Gasteiger partial charge in [-0.15, -0.1) is 0 Å². The number of nitrogens with two attached hydrogens (primary N) is 1. The number of amides is 1. The van der Waals surface area contributed by atoms with Gasteiger partial charge in [-0.25, -0.2) is 0 Å². The van der Waals surface area contributed by atoms with E-state index in [1.807, 2.05) is 6.07 Å². The zero-order valence-corrected chi connectivity index (χ0v) is 18.6. The summed E-state index contributed by atoms with van der Waals surface area (Å²) in [6, 6.07) is 12.6. The van der Waals surface area contributed by atoms with Crippen LogP contribution in [0.25, 0.3) is 0 Å². The molecule has 2 aliphatic heterocycles. The van der Waals surface area contributed by atoms with Gasteiger partial charge in [0.1, 0.15) is 17.3 Å². The Balaban J connectivity index is 1.90. The molecule has 2 aromatic carbocycles. The zero-order valence-electron chi connectivity index (χ0n) is 17.1. The second-order valence-corrected chi connectivity index (χ2v) is 8.93. The van der Waals surface area contributed by atoms with Crippen molar-refractivity contribution in [1.82, 2.24) is 0 Å². The largest absolute Gasteiger partial charge is 0.384 e. The number of nitrogens with zero attached hydrogens (tertiary/aromatic N) is 2. The lowest BCUT2D eigenvalue weighted by molar-refractivity contribution is -0.122. The lowest BCUT2D eigenvalue weighted by atomic mass is 9.63. The topological polar surface area (TPSA) is 99.2 Å². The van der Waals surface area contributed by atoms with Gasteiger partial charge >= 0.3 is 0 Å². The molecule has 3 aliphatic rings. The highest BCUT2D eigenvalue weighted by Crippen LogP contribution is 2.56. The van der Waals surface area contributed by atoms with E-state index >= 15 is 0 Å². The van der Waals surface area contributed by atoms with E-state index in [0.29, 0.717) is 56.7 Å². The van der Waals surface area contributed by atoms with Crippen molar-refractivity contribution in [3.05, 3.63) is 80.2 Å². The first kappa shape index (κ1) is 20.6. The number of fused-ring (bicyclic) bond motifs is 3. The standard InChI is InChI=1S/C24H18Cl2N4O2/c1-12-17(26)9-8-15-21(12)29-23(32)24(15)16(11-27)22(28)30(14-5-2-4-13(25)10-14)18-6-3-7-19(31)20(18)24/h2,4-5,8-10H,3,6-7,28H2,1H3,(H,29,32). The third kappa shape index (κ3) is 2.52. The van der Waals surface area contributed by atoms with Crippen molar-refractivity contribution < 1.29 is 9.59 Å². The number of hydrogen-bond acceptors (Lipinski definition) is 5. The number of nitriles is 1. The molecule has 0 radical (unpaired) electrons. The van der Waals surface area contributed by atoms with Gasteiger partial charge in [-0.2, -0.15) is 5.26 Å². The highest BCUT2D eigenvalue weighted by molar-refractivity contribution is 6.32. The van der Waals surface area contributed by atoms with Gasteiger partial charge in [0.15, 0.2) is 5.78 Å². The molecule has 0 aromatic heterocycles. The Morgan fingerprint density at radius 3 is 2.69 bits per heavy atom. The smallest absolute Gasteiger partial charge is 0.245 e. The Kier molecular flexibility index (Phi) is 4.59. The molecule has 5 rings (SSSR count). The summed E-state index contributed by atoms with van der Waals surface area (Å²) < 4.78 is 0. The van der Waals surface area contributed by atoms with Gasteiger partial charge in [-0.1, -0.05) is 35.3 Å². The molecule has 2 heterocycles. The molecular formula is C24H18Cl2N4O2. The maximum absolute atomic E-state index is 13.7. The van der Waals surface area contributed by atoms with Crippen molar-refractivity contribution in [2.24, 2.45) is 5.73 Å². The summed E-state index contributed by atoms with van der Waals surface area (Å²) >= 11 is 12.5. The summed E-state index contributed by atoms with van der Waals surface area (Å²) in [6.07, 6.45) is 1.44. The first-order valence-electron chi connectivity index (χ1n) is 10.2. The monoisotopic (exact) mass is 464 g/mol. The molecule has 0 saturated heterocycles. The van der Waals surface area contributed by atoms with Crippen molar-refractivity contribution in [3.63, 3.8) is 0 Å². The van der Waals surface area contributed by atoms with Crippen LogP contribution in [-0.4, -0.2) is 11.7 Å². The Labute approximate surface area is 194 Å². The first-order valence-corrected chi connectivity index (χ1v) is 10.9. The molecule has 0 bridgehead atoms. The highest BCUT2D eigenvalue weighted by Gasteiger charge is 2.60. The van der Waals surface area contributed by atoms with Crippen LogP contribution in [0.5, 0.6) is 0 Å². The number of nitrogens with one attached hydrogen (secondary N) is 1. The molecule has 1 unspecified atom stereocenters. The molecule has 8 heteroatoms. The Morgan fingerprint density at radius 2 is 1.97 bits per heavy atom. The molecule has 2 aromatic rings. The molecule has 6 nitrogen and oxygen atoms in total. The predicted octanol–water partition coefficient (Wildman–Crippen LogP) is 4.71. The summed E-state index contributed by atoms with van der Waals surface area (Å²) in [5.74, 6) is -0.529. The molecule has 32 heavy (non-hydrogen) atoms. The summed E-state index contributed by atoms with van der Waals surface area (Å²) in [5.41, 5.74) is 8.28. The normalized spacial score (nSPS) is 22.1. The van der Waals surface area contributed by atoms with Crippen LogP contribution in [0.2, 0.25) is 10.0 Å². The fourth-order valence-electron chi connectivity index (χ4n) is 5.09. The average molecular weight is 465 g/mol. The fourth-order valence-corrected chi connectivity index (χ4v) is 5.43. The number of carbonyl (C=O) groups excluding carboxylic acids is 2. The maximum Gasteiger partial charge on any atom is 0.245 e. The molecule has 1 spiro atoms. The first-order chi connectivity index (χ1) is 15.3. The van der Waals surface area contributed by atoms with Crippen LogP contribution >= 0.6 is 23.2 Å². The van der Waals surface area contributed by atoms with Crippen LogP contribution in [-0.2, 0) is 15.0 Å².